The first kappa shape index (κ1) is 25.7. The predicted octanol–water partition coefficient (Wildman–Crippen LogP) is 5.73. The van der Waals surface area contributed by atoms with Gasteiger partial charge in [0, 0.05) is 34.4 Å². The van der Waals surface area contributed by atoms with Crippen LogP contribution in [0.3, 0.4) is 0 Å². The van der Waals surface area contributed by atoms with E-state index in [0.29, 0.717) is 36.8 Å². The van der Waals surface area contributed by atoms with Gasteiger partial charge in [-0.1, -0.05) is 31.2 Å². The molecular weight excluding hydrogens is 482 g/mol. The molecule has 0 aliphatic rings. The van der Waals surface area contributed by atoms with Crippen molar-refractivity contribution >= 4 is 17.6 Å². The average Bonchev–Trinajstić information content (AvgIpc) is 3.35. The van der Waals surface area contributed by atoms with Crippen LogP contribution in [0.4, 0.5) is 14.6 Å². The molecule has 2 aromatic heterocycles. The second-order valence-electron chi connectivity index (χ2n) is 8.44. The summed E-state index contributed by atoms with van der Waals surface area (Å²) in [6.07, 6.45) is 1.23. The molecule has 188 valence electrons. The zero-order valence-corrected chi connectivity index (χ0v) is 20.9. The maximum absolute atomic E-state index is 12.9. The predicted molar refractivity (Wildman–Crippen MR) is 139 cm³/mol. The minimum Gasteiger partial charge on any atom is -0.414 e. The summed E-state index contributed by atoms with van der Waals surface area (Å²) in [4.78, 5) is 9.95. The molecule has 36 heavy (non-hydrogen) atoms. The van der Waals surface area contributed by atoms with Gasteiger partial charge in [-0.15, -0.1) is 22.0 Å². The molecule has 0 fully saturated rings. The molecule has 2 aromatic carbocycles. The number of rotatable bonds is 11. The smallest absolute Gasteiger partial charge is 0.270 e. The Morgan fingerprint density at radius 1 is 1.00 bits per heavy atom. The van der Waals surface area contributed by atoms with Crippen molar-refractivity contribution in [2.24, 2.45) is 0 Å². The molecule has 0 radical (unpaired) electrons. The summed E-state index contributed by atoms with van der Waals surface area (Å²) in [5.41, 5.74) is 9.62. The molecule has 2 atom stereocenters. The summed E-state index contributed by atoms with van der Waals surface area (Å²) in [6, 6.07) is 15.4. The van der Waals surface area contributed by atoms with Gasteiger partial charge in [-0.05, 0) is 43.2 Å². The molecule has 0 saturated carbocycles. The van der Waals surface area contributed by atoms with Crippen LogP contribution in [-0.4, -0.2) is 44.8 Å². The molecule has 0 bridgehead atoms. The zero-order valence-electron chi connectivity index (χ0n) is 20.1. The molecule has 0 spiro atoms. The molecule has 10 heteroatoms. The van der Waals surface area contributed by atoms with Crippen molar-refractivity contribution in [2.75, 3.05) is 19.0 Å². The van der Waals surface area contributed by atoms with Crippen LogP contribution in [0.25, 0.3) is 34.3 Å². The summed E-state index contributed by atoms with van der Waals surface area (Å²) in [6.45, 7) is 4.08. The quantitative estimate of drug-likeness (QED) is 0.247. The monoisotopic (exact) mass is 510 g/mol. The lowest BCUT2D eigenvalue weighted by molar-refractivity contribution is 0.344. The Kier molecular flexibility index (Phi) is 8.61. The second kappa shape index (κ2) is 12.0. The fourth-order valence-corrected chi connectivity index (χ4v) is 4.42. The summed E-state index contributed by atoms with van der Waals surface area (Å²) < 4.78 is 31.4. The molecule has 0 amide bonds. The summed E-state index contributed by atoms with van der Waals surface area (Å²) in [5.74, 6) is 0.689. The van der Waals surface area contributed by atoms with E-state index in [1.165, 1.54) is 6.92 Å². The number of hydrogen-bond acceptors (Lipinski definition) is 8. The molecule has 4 aromatic rings. The van der Waals surface area contributed by atoms with E-state index >= 15 is 0 Å². The van der Waals surface area contributed by atoms with E-state index in [0.717, 1.165) is 21.6 Å². The standard InChI is InChI=1S/C26H28F2N6OS/c1-16(28)13-30-14-18-3-5-20(6-4-18)25-33-34-26(35-25)23-24(29)31-15-22(32-23)19-7-9-21(10-8-19)36-17(2)11-12-27/h3-10,15-17,30H,11-14H2,1-2H3,(H2,29,31). The molecule has 7 nitrogen and oxygen atoms in total. The highest BCUT2D eigenvalue weighted by Gasteiger charge is 2.17. The van der Waals surface area contributed by atoms with Crippen LogP contribution in [0.1, 0.15) is 25.8 Å². The van der Waals surface area contributed by atoms with Gasteiger partial charge in [-0.3, -0.25) is 4.39 Å². The van der Waals surface area contributed by atoms with E-state index in [-0.39, 0.29) is 23.6 Å². The van der Waals surface area contributed by atoms with Gasteiger partial charge in [0.05, 0.1) is 18.6 Å². The Bertz CT molecular complexity index is 1260. The van der Waals surface area contributed by atoms with Gasteiger partial charge >= 0.3 is 0 Å². The Morgan fingerprint density at radius 3 is 2.39 bits per heavy atom. The lowest BCUT2D eigenvalue weighted by Gasteiger charge is -2.09. The third-order valence-electron chi connectivity index (χ3n) is 5.39. The molecule has 0 aliphatic carbocycles. The largest absolute Gasteiger partial charge is 0.414 e. The normalized spacial score (nSPS) is 13.0. The number of thioether (sulfide) groups is 1. The van der Waals surface area contributed by atoms with Crippen molar-refractivity contribution in [3.05, 3.63) is 60.3 Å². The average molecular weight is 511 g/mol. The number of halogens is 2. The fraction of sp³-hybridized carbons (Fsp3) is 0.308. The van der Waals surface area contributed by atoms with E-state index in [2.05, 4.69) is 25.5 Å². The third kappa shape index (κ3) is 6.64. The molecule has 0 aliphatic heterocycles. The highest BCUT2D eigenvalue weighted by Crippen LogP contribution is 2.30. The molecule has 0 saturated heterocycles. The first-order valence-electron chi connectivity index (χ1n) is 11.7. The van der Waals surface area contributed by atoms with Crippen LogP contribution in [0.15, 0.2) is 64.0 Å². The van der Waals surface area contributed by atoms with Crippen molar-refractivity contribution in [2.45, 2.75) is 43.1 Å². The maximum Gasteiger partial charge on any atom is 0.270 e. The van der Waals surface area contributed by atoms with Crippen LogP contribution in [0.5, 0.6) is 0 Å². The molecule has 2 heterocycles. The number of alkyl halides is 2. The zero-order chi connectivity index (χ0) is 25.5. The van der Waals surface area contributed by atoms with E-state index < -0.39 is 6.17 Å². The highest BCUT2D eigenvalue weighted by molar-refractivity contribution is 7.99. The van der Waals surface area contributed by atoms with Gasteiger partial charge in [0.1, 0.15) is 6.17 Å². The lowest BCUT2D eigenvalue weighted by atomic mass is 10.1. The first-order chi connectivity index (χ1) is 17.4. The van der Waals surface area contributed by atoms with Crippen LogP contribution in [-0.2, 0) is 6.54 Å². The molecule has 4 rings (SSSR count). The van der Waals surface area contributed by atoms with Crippen molar-refractivity contribution in [3.8, 4) is 34.3 Å². The number of anilines is 1. The van der Waals surface area contributed by atoms with E-state index in [4.69, 9.17) is 10.2 Å². The van der Waals surface area contributed by atoms with E-state index in [9.17, 15) is 8.78 Å². The Labute approximate surface area is 213 Å². The summed E-state index contributed by atoms with van der Waals surface area (Å²) in [5, 5.41) is 11.5. The molecular formula is C26H28F2N6OS. The number of aromatic nitrogens is 4. The molecule has 2 unspecified atom stereocenters. The van der Waals surface area contributed by atoms with Gasteiger partial charge < -0.3 is 15.5 Å². The van der Waals surface area contributed by atoms with E-state index in [1.54, 1.807) is 18.0 Å². The van der Waals surface area contributed by atoms with Crippen LogP contribution in [0, 0.1) is 0 Å². The number of benzene rings is 2. The Morgan fingerprint density at radius 2 is 1.69 bits per heavy atom. The highest BCUT2D eigenvalue weighted by atomic mass is 32.2. The number of nitrogens with zero attached hydrogens (tertiary/aromatic N) is 4. The Hall–Kier alpha value is -3.37. The Balaban J connectivity index is 1.49. The summed E-state index contributed by atoms with van der Waals surface area (Å²) >= 11 is 1.63. The van der Waals surface area contributed by atoms with Crippen molar-refractivity contribution in [1.29, 1.82) is 0 Å². The lowest BCUT2D eigenvalue weighted by Crippen LogP contribution is -2.21. The maximum atomic E-state index is 12.9. The third-order valence-corrected chi connectivity index (χ3v) is 6.57. The van der Waals surface area contributed by atoms with Gasteiger partial charge in [0.15, 0.2) is 11.5 Å². The number of hydrogen-bond donors (Lipinski definition) is 2. The minimum atomic E-state index is -0.893. The number of nitrogen functional groups attached to an aromatic ring is 1. The fourth-order valence-electron chi connectivity index (χ4n) is 3.46. The van der Waals surface area contributed by atoms with Crippen molar-refractivity contribution in [3.63, 3.8) is 0 Å². The number of nitrogens with one attached hydrogen (secondary N) is 1. The van der Waals surface area contributed by atoms with Crippen LogP contribution in [0.2, 0.25) is 0 Å². The van der Waals surface area contributed by atoms with Gasteiger partial charge in [-0.25, -0.2) is 14.4 Å². The van der Waals surface area contributed by atoms with Gasteiger partial charge in [0.25, 0.3) is 5.89 Å². The first-order valence-corrected chi connectivity index (χ1v) is 12.5. The van der Waals surface area contributed by atoms with Gasteiger partial charge in [0.2, 0.25) is 5.89 Å². The van der Waals surface area contributed by atoms with Gasteiger partial charge in [-0.2, -0.15) is 0 Å². The minimum absolute atomic E-state index is 0.173. The molecule has 3 N–H and O–H groups in total. The topological polar surface area (TPSA) is 103 Å². The number of nitrogens with two attached hydrogens (primary N) is 1. The van der Waals surface area contributed by atoms with Crippen molar-refractivity contribution < 1.29 is 13.2 Å². The van der Waals surface area contributed by atoms with E-state index in [1.807, 2.05) is 55.5 Å². The SMILES string of the molecule is CC(F)CNCc1ccc(-c2nnc(-c3nc(-c4ccc(SC(C)CCF)cc4)cnc3N)o2)cc1. The van der Waals surface area contributed by atoms with Crippen molar-refractivity contribution in [1.82, 2.24) is 25.5 Å². The second-order valence-corrected chi connectivity index (χ2v) is 9.95. The van der Waals surface area contributed by atoms with Crippen LogP contribution < -0.4 is 11.1 Å². The van der Waals surface area contributed by atoms with Crippen LogP contribution >= 0.6 is 11.8 Å². The summed E-state index contributed by atoms with van der Waals surface area (Å²) in [7, 11) is 0.